The van der Waals surface area contributed by atoms with Crippen molar-refractivity contribution >= 4 is 0 Å². The lowest BCUT2D eigenvalue weighted by molar-refractivity contribution is 0.287. The van der Waals surface area contributed by atoms with Gasteiger partial charge in [-0.05, 0) is 50.1 Å². The fraction of sp³-hybridized carbons (Fsp3) is 0.625. The Balaban J connectivity index is 1.63. The number of hydrogen-bond donors (Lipinski definition) is 1. The summed E-state index contributed by atoms with van der Waals surface area (Å²) in [6.45, 7) is 3.46. The largest absolute Gasteiger partial charge is 0.314 e. The van der Waals surface area contributed by atoms with Crippen LogP contribution in [0.2, 0.25) is 0 Å². The van der Waals surface area contributed by atoms with E-state index in [9.17, 15) is 0 Å². The SMILES string of the molecule is CCC1CCC(NCCc2ccccc2)CC1. The Morgan fingerprint density at radius 3 is 2.41 bits per heavy atom. The molecule has 1 aliphatic carbocycles. The quantitative estimate of drug-likeness (QED) is 0.813. The molecule has 1 nitrogen and oxygen atoms in total. The highest BCUT2D eigenvalue weighted by Crippen LogP contribution is 2.26. The molecule has 0 saturated heterocycles. The summed E-state index contributed by atoms with van der Waals surface area (Å²) >= 11 is 0. The fourth-order valence-electron chi connectivity index (χ4n) is 2.84. The van der Waals surface area contributed by atoms with Crippen molar-refractivity contribution in [3.63, 3.8) is 0 Å². The van der Waals surface area contributed by atoms with E-state index in [4.69, 9.17) is 0 Å². The molecule has 0 aromatic heterocycles. The van der Waals surface area contributed by atoms with Gasteiger partial charge in [0.15, 0.2) is 0 Å². The third-order valence-electron chi connectivity index (χ3n) is 4.11. The lowest BCUT2D eigenvalue weighted by atomic mass is 9.84. The van der Waals surface area contributed by atoms with Crippen LogP contribution in [0.3, 0.4) is 0 Å². The van der Waals surface area contributed by atoms with Gasteiger partial charge in [-0.2, -0.15) is 0 Å². The van der Waals surface area contributed by atoms with Crippen LogP contribution < -0.4 is 5.32 Å². The van der Waals surface area contributed by atoms with Gasteiger partial charge < -0.3 is 5.32 Å². The van der Waals surface area contributed by atoms with Crippen LogP contribution in [-0.2, 0) is 6.42 Å². The molecule has 1 aromatic rings. The zero-order valence-electron chi connectivity index (χ0n) is 11.0. The number of nitrogens with one attached hydrogen (secondary N) is 1. The molecule has 0 amide bonds. The molecule has 17 heavy (non-hydrogen) atoms. The van der Waals surface area contributed by atoms with E-state index in [2.05, 4.69) is 42.6 Å². The van der Waals surface area contributed by atoms with E-state index in [-0.39, 0.29) is 0 Å². The molecule has 0 heterocycles. The highest BCUT2D eigenvalue weighted by Gasteiger charge is 2.18. The van der Waals surface area contributed by atoms with Crippen molar-refractivity contribution in [1.82, 2.24) is 5.32 Å². The second kappa shape index (κ2) is 6.80. The standard InChI is InChI=1S/C16H25N/c1-2-14-8-10-16(11-9-14)17-13-12-15-6-4-3-5-7-15/h3-7,14,16-17H,2,8-13H2,1H3. The molecule has 0 atom stereocenters. The molecule has 1 saturated carbocycles. The van der Waals surface area contributed by atoms with Crippen molar-refractivity contribution in [2.24, 2.45) is 5.92 Å². The molecule has 0 spiro atoms. The van der Waals surface area contributed by atoms with Crippen LogP contribution in [0.1, 0.15) is 44.6 Å². The van der Waals surface area contributed by atoms with E-state index in [1.807, 2.05) is 0 Å². The van der Waals surface area contributed by atoms with Crippen LogP contribution in [0, 0.1) is 5.92 Å². The van der Waals surface area contributed by atoms with Crippen LogP contribution in [0.4, 0.5) is 0 Å². The van der Waals surface area contributed by atoms with Gasteiger partial charge in [-0.15, -0.1) is 0 Å². The minimum Gasteiger partial charge on any atom is -0.314 e. The fourth-order valence-corrected chi connectivity index (χ4v) is 2.84. The summed E-state index contributed by atoms with van der Waals surface area (Å²) < 4.78 is 0. The van der Waals surface area contributed by atoms with Crippen molar-refractivity contribution in [3.8, 4) is 0 Å². The van der Waals surface area contributed by atoms with Gasteiger partial charge in [0.2, 0.25) is 0 Å². The molecule has 1 fully saturated rings. The van der Waals surface area contributed by atoms with Crippen LogP contribution >= 0.6 is 0 Å². The van der Waals surface area contributed by atoms with E-state index in [1.54, 1.807) is 0 Å². The number of benzene rings is 1. The van der Waals surface area contributed by atoms with Crippen LogP contribution in [0.25, 0.3) is 0 Å². The Bertz CT molecular complexity index is 299. The lowest BCUT2D eigenvalue weighted by Gasteiger charge is -2.28. The lowest BCUT2D eigenvalue weighted by Crippen LogP contribution is -2.34. The van der Waals surface area contributed by atoms with Gasteiger partial charge >= 0.3 is 0 Å². The Hall–Kier alpha value is -0.820. The summed E-state index contributed by atoms with van der Waals surface area (Å²) in [6, 6.07) is 11.6. The van der Waals surface area contributed by atoms with E-state index >= 15 is 0 Å². The van der Waals surface area contributed by atoms with Crippen LogP contribution in [0.15, 0.2) is 30.3 Å². The maximum Gasteiger partial charge on any atom is 0.00673 e. The normalized spacial score (nSPS) is 24.8. The Morgan fingerprint density at radius 2 is 1.76 bits per heavy atom. The Kier molecular flexibility index (Phi) is 5.06. The summed E-state index contributed by atoms with van der Waals surface area (Å²) in [7, 11) is 0. The molecular weight excluding hydrogens is 206 g/mol. The van der Waals surface area contributed by atoms with Crippen molar-refractivity contribution < 1.29 is 0 Å². The second-order valence-electron chi connectivity index (χ2n) is 5.32. The van der Waals surface area contributed by atoms with Crippen molar-refractivity contribution in [3.05, 3.63) is 35.9 Å². The highest BCUT2D eigenvalue weighted by atomic mass is 14.9. The van der Waals surface area contributed by atoms with Crippen LogP contribution in [0.5, 0.6) is 0 Å². The van der Waals surface area contributed by atoms with Crippen LogP contribution in [-0.4, -0.2) is 12.6 Å². The summed E-state index contributed by atoms with van der Waals surface area (Å²) in [6.07, 6.45) is 8.16. The molecule has 0 unspecified atom stereocenters. The average molecular weight is 231 g/mol. The monoisotopic (exact) mass is 231 g/mol. The first-order valence-electron chi connectivity index (χ1n) is 7.15. The summed E-state index contributed by atoms with van der Waals surface area (Å²) in [5, 5.41) is 3.71. The third kappa shape index (κ3) is 4.16. The molecule has 1 aliphatic rings. The van der Waals surface area contributed by atoms with Gasteiger partial charge in [0.25, 0.3) is 0 Å². The van der Waals surface area contributed by atoms with E-state index in [1.165, 1.54) is 37.7 Å². The van der Waals surface area contributed by atoms with Crippen molar-refractivity contribution in [2.75, 3.05) is 6.54 Å². The van der Waals surface area contributed by atoms with Gasteiger partial charge in [-0.3, -0.25) is 0 Å². The van der Waals surface area contributed by atoms with Gasteiger partial charge in [-0.25, -0.2) is 0 Å². The Morgan fingerprint density at radius 1 is 1.06 bits per heavy atom. The second-order valence-corrected chi connectivity index (χ2v) is 5.32. The van der Waals surface area contributed by atoms with Crippen molar-refractivity contribution in [2.45, 2.75) is 51.5 Å². The van der Waals surface area contributed by atoms with E-state index < -0.39 is 0 Å². The van der Waals surface area contributed by atoms with Gasteiger partial charge in [0, 0.05) is 6.04 Å². The molecule has 1 aromatic carbocycles. The van der Waals surface area contributed by atoms with E-state index in [0.29, 0.717) is 0 Å². The van der Waals surface area contributed by atoms with Crippen molar-refractivity contribution in [1.29, 1.82) is 0 Å². The molecule has 0 aliphatic heterocycles. The summed E-state index contributed by atoms with van der Waals surface area (Å²) in [5.41, 5.74) is 1.45. The Labute approximate surface area is 106 Å². The molecule has 1 heteroatoms. The maximum atomic E-state index is 3.71. The number of rotatable bonds is 5. The topological polar surface area (TPSA) is 12.0 Å². The highest BCUT2D eigenvalue weighted by molar-refractivity contribution is 5.14. The molecule has 1 N–H and O–H groups in total. The first-order chi connectivity index (χ1) is 8.38. The predicted molar refractivity (Wildman–Crippen MR) is 74.2 cm³/mol. The zero-order valence-corrected chi connectivity index (χ0v) is 11.0. The molecule has 0 radical (unpaired) electrons. The smallest absolute Gasteiger partial charge is 0.00673 e. The summed E-state index contributed by atoms with van der Waals surface area (Å²) in [5.74, 6) is 1.00. The zero-order chi connectivity index (χ0) is 11.9. The number of hydrogen-bond acceptors (Lipinski definition) is 1. The first-order valence-corrected chi connectivity index (χ1v) is 7.15. The molecule has 2 rings (SSSR count). The minimum atomic E-state index is 0.779. The molecular formula is C16H25N. The molecule has 94 valence electrons. The average Bonchev–Trinajstić information content (AvgIpc) is 2.41. The van der Waals surface area contributed by atoms with E-state index in [0.717, 1.165) is 24.9 Å². The minimum absolute atomic E-state index is 0.779. The van der Waals surface area contributed by atoms with Gasteiger partial charge in [-0.1, -0.05) is 43.7 Å². The predicted octanol–water partition coefficient (Wildman–Crippen LogP) is 3.79. The summed E-state index contributed by atoms with van der Waals surface area (Å²) in [4.78, 5) is 0. The third-order valence-corrected chi connectivity index (χ3v) is 4.11. The van der Waals surface area contributed by atoms with Gasteiger partial charge in [0.1, 0.15) is 0 Å². The molecule has 0 bridgehead atoms. The maximum absolute atomic E-state index is 3.71. The first kappa shape index (κ1) is 12.6. The van der Waals surface area contributed by atoms with Gasteiger partial charge in [0.05, 0.1) is 0 Å².